The highest BCUT2D eigenvalue weighted by molar-refractivity contribution is 6.38. The van der Waals surface area contributed by atoms with Gasteiger partial charge in [-0.05, 0) is 32.0 Å². The lowest BCUT2D eigenvalue weighted by Gasteiger charge is -2.23. The number of rotatable bonds is 4. The highest BCUT2D eigenvalue weighted by atomic mass is 35.5. The summed E-state index contributed by atoms with van der Waals surface area (Å²) in [6.07, 6.45) is 3.27. The van der Waals surface area contributed by atoms with E-state index in [0.717, 1.165) is 25.9 Å². The fourth-order valence-corrected chi connectivity index (χ4v) is 3.32. The van der Waals surface area contributed by atoms with Crippen LogP contribution in [-0.4, -0.2) is 39.7 Å². The molecule has 1 saturated heterocycles. The molecule has 140 valence electrons. The van der Waals surface area contributed by atoms with Crippen molar-refractivity contribution < 1.29 is 9.72 Å². The maximum Gasteiger partial charge on any atom is 0.272 e. The predicted molar refractivity (Wildman–Crippen MR) is 101 cm³/mol. The first kappa shape index (κ1) is 20.4. The van der Waals surface area contributed by atoms with Gasteiger partial charge in [0.15, 0.2) is 5.69 Å². The largest absolute Gasteiger partial charge is 0.348 e. The molecule has 26 heavy (non-hydrogen) atoms. The van der Waals surface area contributed by atoms with Gasteiger partial charge in [-0.2, -0.15) is 5.10 Å². The predicted octanol–water partition coefficient (Wildman–Crippen LogP) is 2.99. The molecular formula is C15H16Cl3N5O3. The van der Waals surface area contributed by atoms with Gasteiger partial charge in [0, 0.05) is 24.4 Å². The zero-order chi connectivity index (χ0) is 18.0. The van der Waals surface area contributed by atoms with Crippen molar-refractivity contribution in [1.82, 2.24) is 20.4 Å². The van der Waals surface area contributed by atoms with Gasteiger partial charge in [-0.15, -0.1) is 12.4 Å². The van der Waals surface area contributed by atoms with E-state index >= 15 is 0 Å². The average Bonchev–Trinajstić information content (AvgIpc) is 3.04. The maximum atomic E-state index is 12.3. The molecule has 1 amide bonds. The van der Waals surface area contributed by atoms with Crippen LogP contribution in [0.15, 0.2) is 24.4 Å². The van der Waals surface area contributed by atoms with Crippen LogP contribution in [0.25, 0.3) is 5.69 Å². The lowest BCUT2D eigenvalue weighted by molar-refractivity contribution is -0.384. The molecule has 11 heteroatoms. The molecule has 0 bridgehead atoms. The fourth-order valence-electron chi connectivity index (χ4n) is 2.67. The molecule has 8 nitrogen and oxygen atoms in total. The number of nitro groups is 1. The fraction of sp³-hybridized carbons (Fsp3) is 0.333. The molecule has 1 aliphatic heterocycles. The Morgan fingerprint density at radius 3 is 2.50 bits per heavy atom. The smallest absolute Gasteiger partial charge is 0.272 e. The van der Waals surface area contributed by atoms with E-state index in [1.165, 1.54) is 23.0 Å². The molecule has 0 atom stereocenters. The Kier molecular flexibility index (Phi) is 6.82. The highest BCUT2D eigenvalue weighted by Crippen LogP contribution is 2.32. The number of carbonyl (C=O) groups excluding carboxylic acids is 1. The van der Waals surface area contributed by atoms with E-state index in [4.69, 9.17) is 23.2 Å². The first-order chi connectivity index (χ1) is 12.0. The minimum Gasteiger partial charge on any atom is -0.348 e. The van der Waals surface area contributed by atoms with Gasteiger partial charge in [-0.3, -0.25) is 14.9 Å². The summed E-state index contributed by atoms with van der Waals surface area (Å²) in [6.45, 7) is 1.74. The molecule has 2 aromatic rings. The van der Waals surface area contributed by atoms with E-state index in [1.807, 2.05) is 0 Å². The van der Waals surface area contributed by atoms with Gasteiger partial charge < -0.3 is 10.6 Å². The van der Waals surface area contributed by atoms with Gasteiger partial charge in [0.1, 0.15) is 5.69 Å². The Morgan fingerprint density at radius 1 is 1.31 bits per heavy atom. The SMILES string of the molecule is Cl.O=C(NC1CCNCC1)c1ccn(-c2c(Cl)cc([N+](=O)[O-])cc2Cl)n1. The third kappa shape index (κ3) is 4.45. The lowest BCUT2D eigenvalue weighted by atomic mass is 10.1. The van der Waals surface area contributed by atoms with E-state index in [-0.39, 0.29) is 51.5 Å². The zero-order valence-electron chi connectivity index (χ0n) is 13.4. The molecule has 0 unspecified atom stereocenters. The average molecular weight is 421 g/mol. The second-order valence-corrected chi connectivity index (χ2v) is 6.47. The third-order valence-electron chi connectivity index (χ3n) is 3.94. The molecule has 3 rings (SSSR count). The first-order valence-corrected chi connectivity index (χ1v) is 8.42. The summed E-state index contributed by atoms with van der Waals surface area (Å²) in [5, 5.41) is 21.4. The number of non-ortho nitro benzene ring substituents is 1. The van der Waals surface area contributed by atoms with E-state index < -0.39 is 4.92 Å². The van der Waals surface area contributed by atoms with Crippen LogP contribution in [0.1, 0.15) is 23.3 Å². The van der Waals surface area contributed by atoms with Crippen LogP contribution >= 0.6 is 35.6 Å². The lowest BCUT2D eigenvalue weighted by Crippen LogP contribution is -2.42. The van der Waals surface area contributed by atoms with Crippen molar-refractivity contribution in [2.45, 2.75) is 18.9 Å². The van der Waals surface area contributed by atoms with Crippen LogP contribution in [0.2, 0.25) is 10.0 Å². The topological polar surface area (TPSA) is 102 Å². The van der Waals surface area contributed by atoms with Crippen molar-refractivity contribution in [3.8, 4) is 5.69 Å². The van der Waals surface area contributed by atoms with Crippen LogP contribution < -0.4 is 10.6 Å². The molecule has 0 radical (unpaired) electrons. The molecule has 0 spiro atoms. The van der Waals surface area contributed by atoms with Gasteiger partial charge in [-0.1, -0.05) is 23.2 Å². The van der Waals surface area contributed by atoms with Crippen molar-refractivity contribution in [3.63, 3.8) is 0 Å². The number of hydrogen-bond donors (Lipinski definition) is 2. The van der Waals surface area contributed by atoms with Gasteiger partial charge in [0.05, 0.1) is 15.0 Å². The second kappa shape index (κ2) is 8.68. The van der Waals surface area contributed by atoms with Gasteiger partial charge in [0.2, 0.25) is 0 Å². The maximum absolute atomic E-state index is 12.3. The van der Waals surface area contributed by atoms with Crippen LogP contribution in [-0.2, 0) is 0 Å². The zero-order valence-corrected chi connectivity index (χ0v) is 15.8. The van der Waals surface area contributed by atoms with Gasteiger partial charge >= 0.3 is 0 Å². The Bertz CT molecular complexity index is 798. The second-order valence-electron chi connectivity index (χ2n) is 5.66. The van der Waals surface area contributed by atoms with Crippen LogP contribution in [0.5, 0.6) is 0 Å². The molecule has 0 aliphatic carbocycles. The standard InChI is InChI=1S/C15H15Cl2N5O3.ClH/c16-11-7-10(22(24)25)8-12(17)14(11)21-6-3-13(20-21)15(23)19-9-1-4-18-5-2-9;/h3,6-9,18H,1-2,4-5H2,(H,19,23);1H. The molecule has 1 fully saturated rings. The number of carbonyl (C=O) groups is 1. The monoisotopic (exact) mass is 419 g/mol. The normalized spacial score (nSPS) is 14.5. The first-order valence-electron chi connectivity index (χ1n) is 7.67. The van der Waals surface area contributed by atoms with Crippen molar-refractivity contribution >= 4 is 47.2 Å². The summed E-state index contributed by atoms with van der Waals surface area (Å²) in [5.41, 5.74) is 0.300. The number of halogens is 3. The molecule has 1 aromatic carbocycles. The summed E-state index contributed by atoms with van der Waals surface area (Å²) < 4.78 is 1.34. The molecule has 0 saturated carbocycles. The summed E-state index contributed by atoms with van der Waals surface area (Å²) >= 11 is 12.2. The molecule has 1 aliphatic rings. The number of piperidine rings is 1. The Hall–Kier alpha value is -1.87. The number of nitrogens with one attached hydrogen (secondary N) is 2. The Balaban J connectivity index is 0.00000243. The summed E-state index contributed by atoms with van der Waals surface area (Å²) in [7, 11) is 0. The van der Waals surface area contributed by atoms with E-state index in [9.17, 15) is 14.9 Å². The van der Waals surface area contributed by atoms with Crippen molar-refractivity contribution in [2.75, 3.05) is 13.1 Å². The number of hydrogen-bond acceptors (Lipinski definition) is 5. The van der Waals surface area contributed by atoms with E-state index in [1.54, 1.807) is 6.07 Å². The number of aromatic nitrogens is 2. The van der Waals surface area contributed by atoms with Crippen molar-refractivity contribution in [3.05, 3.63) is 50.2 Å². The molecule has 2 heterocycles. The van der Waals surface area contributed by atoms with Crippen molar-refractivity contribution in [2.24, 2.45) is 0 Å². The van der Waals surface area contributed by atoms with Gasteiger partial charge in [-0.25, -0.2) is 4.68 Å². The van der Waals surface area contributed by atoms with Gasteiger partial charge in [0.25, 0.3) is 11.6 Å². The highest BCUT2D eigenvalue weighted by Gasteiger charge is 2.20. The molecule has 2 N–H and O–H groups in total. The summed E-state index contributed by atoms with van der Waals surface area (Å²) in [5.74, 6) is -0.278. The molecular weight excluding hydrogens is 405 g/mol. The summed E-state index contributed by atoms with van der Waals surface area (Å²) in [4.78, 5) is 22.6. The summed E-state index contributed by atoms with van der Waals surface area (Å²) in [6, 6.07) is 4.05. The quantitative estimate of drug-likeness (QED) is 0.585. The number of benzene rings is 1. The Labute approximate surface area is 165 Å². The molecule has 1 aromatic heterocycles. The minimum absolute atomic E-state index is 0. The number of nitrogens with zero attached hydrogens (tertiary/aromatic N) is 3. The van der Waals surface area contributed by atoms with E-state index in [2.05, 4.69) is 15.7 Å². The third-order valence-corrected chi connectivity index (χ3v) is 4.51. The minimum atomic E-state index is -0.581. The van der Waals surface area contributed by atoms with Crippen LogP contribution in [0, 0.1) is 10.1 Å². The van der Waals surface area contributed by atoms with Crippen LogP contribution in [0.4, 0.5) is 5.69 Å². The Morgan fingerprint density at radius 2 is 1.92 bits per heavy atom. The number of nitro benzene ring substituents is 1. The van der Waals surface area contributed by atoms with Crippen LogP contribution in [0.3, 0.4) is 0 Å². The number of amides is 1. The van der Waals surface area contributed by atoms with Crippen molar-refractivity contribution in [1.29, 1.82) is 0 Å². The van der Waals surface area contributed by atoms with E-state index in [0.29, 0.717) is 0 Å².